The van der Waals surface area contributed by atoms with Gasteiger partial charge in [0.2, 0.25) is 0 Å². The van der Waals surface area contributed by atoms with Crippen LogP contribution in [0, 0.1) is 0 Å². The molecule has 4 aromatic rings. The summed E-state index contributed by atoms with van der Waals surface area (Å²) in [5.74, 6) is -2.63. The Bertz CT molecular complexity index is 1710. The Morgan fingerprint density at radius 2 is 0.939 bits per heavy atom. The summed E-state index contributed by atoms with van der Waals surface area (Å²) < 4.78 is 17.5. The van der Waals surface area contributed by atoms with Crippen molar-refractivity contribution < 1.29 is 48.5 Å². The molecule has 0 fully saturated rings. The molecule has 4 aromatic carbocycles. The van der Waals surface area contributed by atoms with E-state index in [1.54, 1.807) is 72.8 Å². The van der Waals surface area contributed by atoms with E-state index in [2.05, 4.69) is 0 Å². The Balaban J connectivity index is 1.49. The fourth-order valence-corrected chi connectivity index (χ4v) is 4.84. The molecule has 252 valence electrons. The van der Waals surface area contributed by atoms with Gasteiger partial charge in [-0.05, 0) is 64.5 Å². The Labute approximate surface area is 283 Å². The molecule has 0 aliphatic carbocycles. The first kappa shape index (κ1) is 36.4. The van der Waals surface area contributed by atoms with Gasteiger partial charge < -0.3 is 40.8 Å². The molecule has 0 heterocycles. The summed E-state index contributed by atoms with van der Waals surface area (Å²) >= 11 is 0. The predicted octanol–water partition coefficient (Wildman–Crippen LogP) is 0.653. The molecule has 0 aliphatic heterocycles. The first-order chi connectivity index (χ1) is 23.5. The molecule has 14 heteroatoms. The molecule has 0 amide bonds. The maximum Gasteiger partial charge on any atom is 0.429 e. The zero-order chi connectivity index (χ0) is 35.3. The topological polar surface area (TPSA) is 209 Å². The van der Waals surface area contributed by atoms with Crippen LogP contribution < -0.4 is 38.1 Å². The van der Waals surface area contributed by atoms with Gasteiger partial charge in [-0.15, -0.1) is 0 Å². The highest BCUT2D eigenvalue weighted by Gasteiger charge is 2.30. The standard InChI is InChI=1S/C35H36B2N2O10/c38-30(18-20-32(41)42)34(45)48-36(24-4-2-1-3-5-24)26-10-14-28(15-11-26)47-29-16-12-27(13-17-29)37(25-8-6-23(22-40)7-9-25)49-35(46)31(39)19-21-33(43)44/h1-17,30-31,40H,18-22,38-39H2,(H,41,42)(H,43,44). The average Bonchev–Trinajstić information content (AvgIpc) is 3.11. The number of hydrogen-bond donors (Lipinski definition) is 5. The molecule has 12 nitrogen and oxygen atoms in total. The van der Waals surface area contributed by atoms with E-state index in [0.29, 0.717) is 38.9 Å². The molecule has 0 spiro atoms. The predicted molar refractivity (Wildman–Crippen MR) is 184 cm³/mol. The molecule has 0 radical (unpaired) electrons. The Hall–Kier alpha value is -5.43. The summed E-state index contributed by atoms with van der Waals surface area (Å²) in [6.45, 7) is -1.81. The second-order valence-electron chi connectivity index (χ2n) is 11.3. The van der Waals surface area contributed by atoms with E-state index in [4.69, 9.17) is 35.7 Å². The van der Waals surface area contributed by atoms with Crippen LogP contribution in [0.15, 0.2) is 103 Å². The van der Waals surface area contributed by atoms with Crippen molar-refractivity contribution in [2.75, 3.05) is 0 Å². The Morgan fingerprint density at radius 3 is 1.31 bits per heavy atom. The molecule has 49 heavy (non-hydrogen) atoms. The van der Waals surface area contributed by atoms with Gasteiger partial charge in [-0.2, -0.15) is 0 Å². The van der Waals surface area contributed by atoms with Crippen LogP contribution in [0.5, 0.6) is 11.5 Å². The van der Waals surface area contributed by atoms with Gasteiger partial charge in [0.1, 0.15) is 23.6 Å². The van der Waals surface area contributed by atoms with Crippen molar-refractivity contribution in [3.63, 3.8) is 0 Å². The monoisotopic (exact) mass is 666 g/mol. The first-order valence-electron chi connectivity index (χ1n) is 15.5. The maximum atomic E-state index is 12.8. The second-order valence-corrected chi connectivity index (χ2v) is 11.3. The molecule has 0 aromatic heterocycles. The van der Waals surface area contributed by atoms with E-state index in [1.165, 1.54) is 0 Å². The number of ether oxygens (including phenoxy) is 1. The molecule has 4 rings (SSSR count). The van der Waals surface area contributed by atoms with E-state index >= 15 is 0 Å². The van der Waals surface area contributed by atoms with Crippen LogP contribution in [-0.2, 0) is 35.1 Å². The molecule has 0 saturated carbocycles. The van der Waals surface area contributed by atoms with Crippen LogP contribution in [0.25, 0.3) is 0 Å². The molecular formula is C35H36B2N2O10. The number of carboxylic acid groups (broad SMARTS) is 2. The Morgan fingerprint density at radius 1 is 0.571 bits per heavy atom. The average molecular weight is 666 g/mol. The van der Waals surface area contributed by atoms with Gasteiger partial charge in [-0.25, -0.2) is 0 Å². The van der Waals surface area contributed by atoms with Gasteiger partial charge in [0, 0.05) is 12.8 Å². The van der Waals surface area contributed by atoms with Crippen LogP contribution in [0.4, 0.5) is 0 Å². The summed E-state index contributed by atoms with van der Waals surface area (Å²) in [6, 6.07) is 27.5. The summed E-state index contributed by atoms with van der Waals surface area (Å²) in [7, 11) is 0. The van der Waals surface area contributed by atoms with Crippen molar-refractivity contribution in [1.29, 1.82) is 0 Å². The maximum absolute atomic E-state index is 12.8. The van der Waals surface area contributed by atoms with Gasteiger partial charge in [0.05, 0.1) is 6.61 Å². The summed E-state index contributed by atoms with van der Waals surface area (Å²) in [5, 5.41) is 27.3. The Kier molecular flexibility index (Phi) is 13.1. The third-order valence-corrected chi connectivity index (χ3v) is 7.58. The van der Waals surface area contributed by atoms with E-state index < -0.39 is 49.8 Å². The molecule has 2 unspecified atom stereocenters. The van der Waals surface area contributed by atoms with E-state index in [0.717, 1.165) is 0 Å². The van der Waals surface area contributed by atoms with E-state index in [-0.39, 0.29) is 32.3 Å². The van der Waals surface area contributed by atoms with Crippen LogP contribution in [-0.4, -0.2) is 65.1 Å². The minimum absolute atomic E-state index is 0.0548. The van der Waals surface area contributed by atoms with Gasteiger partial charge in [-0.3, -0.25) is 19.2 Å². The SMILES string of the molecule is NC(CCC(=O)O)C(=O)OB(c1ccccc1)c1ccc(Oc2ccc(B(OC(=O)C(N)CCC(=O)O)c3ccc(CO)cc3)cc2)cc1. The number of carboxylic acids is 2. The van der Waals surface area contributed by atoms with Gasteiger partial charge in [-0.1, -0.05) is 78.9 Å². The van der Waals surface area contributed by atoms with Crippen molar-refractivity contribution in [2.24, 2.45) is 11.5 Å². The fourth-order valence-electron chi connectivity index (χ4n) is 4.84. The van der Waals surface area contributed by atoms with Gasteiger partial charge >= 0.3 is 37.7 Å². The number of nitrogens with two attached hydrogens (primary N) is 2. The van der Waals surface area contributed by atoms with Gasteiger partial charge in [0.15, 0.2) is 0 Å². The highest BCUT2D eigenvalue weighted by Crippen LogP contribution is 2.20. The number of benzene rings is 4. The van der Waals surface area contributed by atoms with E-state index in [1.807, 2.05) is 30.3 Å². The largest absolute Gasteiger partial charge is 0.525 e. The van der Waals surface area contributed by atoms with Crippen LogP contribution in [0.2, 0.25) is 0 Å². The second kappa shape index (κ2) is 17.6. The number of aliphatic hydroxyl groups excluding tert-OH is 1. The van der Waals surface area contributed by atoms with E-state index in [9.17, 15) is 24.3 Å². The first-order valence-corrected chi connectivity index (χ1v) is 15.5. The zero-order valence-corrected chi connectivity index (χ0v) is 26.5. The van der Waals surface area contributed by atoms with Crippen molar-refractivity contribution >= 4 is 59.6 Å². The normalized spacial score (nSPS) is 11.9. The molecule has 0 saturated heterocycles. The number of hydrogen-bond acceptors (Lipinski definition) is 10. The van der Waals surface area contributed by atoms with Crippen molar-refractivity contribution in [2.45, 2.75) is 44.4 Å². The number of aliphatic carboxylic acids is 2. The third-order valence-electron chi connectivity index (χ3n) is 7.58. The van der Waals surface area contributed by atoms with Crippen molar-refractivity contribution in [3.05, 3.63) is 109 Å². The molecular weight excluding hydrogens is 630 g/mol. The van der Waals surface area contributed by atoms with Crippen LogP contribution in [0.3, 0.4) is 0 Å². The number of carbonyl (C=O) groups is 4. The molecule has 7 N–H and O–H groups in total. The lowest BCUT2D eigenvalue weighted by molar-refractivity contribution is -0.140. The molecule has 0 aliphatic rings. The van der Waals surface area contributed by atoms with Crippen molar-refractivity contribution in [3.8, 4) is 11.5 Å². The fraction of sp³-hybridized carbons (Fsp3) is 0.200. The summed E-state index contributed by atoms with van der Waals surface area (Å²) in [5.41, 5.74) is 15.1. The number of carbonyl (C=O) groups excluding carboxylic acids is 2. The number of rotatable bonds is 17. The lowest BCUT2D eigenvalue weighted by Crippen LogP contribution is -2.49. The quantitative estimate of drug-likeness (QED) is 0.0985. The zero-order valence-electron chi connectivity index (χ0n) is 26.5. The molecule has 2 atom stereocenters. The van der Waals surface area contributed by atoms with Crippen LogP contribution in [0.1, 0.15) is 31.2 Å². The third kappa shape index (κ3) is 10.8. The highest BCUT2D eigenvalue weighted by atomic mass is 16.5. The number of aliphatic hydroxyl groups is 1. The minimum Gasteiger partial charge on any atom is -0.525 e. The minimum atomic E-state index is -1.13. The smallest absolute Gasteiger partial charge is 0.429 e. The summed E-state index contributed by atoms with van der Waals surface area (Å²) in [6.07, 6.45) is -0.670. The van der Waals surface area contributed by atoms with Crippen molar-refractivity contribution in [1.82, 2.24) is 0 Å². The molecule has 0 bridgehead atoms. The lowest BCUT2D eigenvalue weighted by Gasteiger charge is -2.19. The summed E-state index contributed by atoms with van der Waals surface area (Å²) in [4.78, 5) is 47.4. The van der Waals surface area contributed by atoms with Crippen LogP contribution >= 0.6 is 0 Å². The highest BCUT2D eigenvalue weighted by molar-refractivity contribution is 6.81. The lowest BCUT2D eigenvalue weighted by atomic mass is 9.55. The van der Waals surface area contributed by atoms with Gasteiger partial charge in [0.25, 0.3) is 0 Å².